The third kappa shape index (κ3) is 7.24. The van der Waals surface area contributed by atoms with Gasteiger partial charge in [0.2, 0.25) is 0 Å². The number of aryl methyl sites for hydroxylation is 2. The van der Waals surface area contributed by atoms with Crippen molar-refractivity contribution in [2.75, 3.05) is 11.9 Å². The van der Waals surface area contributed by atoms with Gasteiger partial charge in [-0.15, -0.1) is 0 Å². The van der Waals surface area contributed by atoms with E-state index >= 15 is 0 Å². The summed E-state index contributed by atoms with van der Waals surface area (Å²) in [6.07, 6.45) is 3.52. The Morgan fingerprint density at radius 3 is 2.38 bits per heavy atom. The molecule has 1 aromatic rings. The van der Waals surface area contributed by atoms with Gasteiger partial charge in [-0.3, -0.25) is 10.9 Å². The van der Waals surface area contributed by atoms with Gasteiger partial charge in [0, 0.05) is 12.2 Å². The molecule has 0 aromatic heterocycles. The number of hydrazine groups is 1. The lowest BCUT2D eigenvalue weighted by molar-refractivity contribution is 0.685. The molecule has 0 spiro atoms. The summed E-state index contributed by atoms with van der Waals surface area (Å²) in [5, 5.41) is 7.27. The van der Waals surface area contributed by atoms with Gasteiger partial charge in [-0.1, -0.05) is 25.8 Å². The van der Waals surface area contributed by atoms with Gasteiger partial charge in [0.1, 0.15) is 0 Å². The van der Waals surface area contributed by atoms with Gasteiger partial charge in [-0.25, -0.2) is 0 Å². The number of rotatable bonds is 5. The van der Waals surface area contributed by atoms with Crippen molar-refractivity contribution < 1.29 is 0 Å². The van der Waals surface area contributed by atoms with Crippen molar-refractivity contribution in [3.8, 4) is 0 Å². The summed E-state index contributed by atoms with van der Waals surface area (Å²) in [6.45, 7) is 7.21. The van der Waals surface area contributed by atoms with E-state index in [9.17, 15) is 0 Å². The quantitative estimate of drug-likeness (QED) is 0.379. The van der Waals surface area contributed by atoms with Crippen molar-refractivity contribution in [2.45, 2.75) is 40.0 Å². The molecule has 6 heteroatoms. The number of nitrogens with one attached hydrogen (secondary N) is 4. The zero-order chi connectivity index (χ0) is 15.7. The summed E-state index contributed by atoms with van der Waals surface area (Å²) in [4.78, 5) is 0. The van der Waals surface area contributed by atoms with Crippen LogP contribution in [0.1, 0.15) is 37.3 Å². The van der Waals surface area contributed by atoms with E-state index < -0.39 is 0 Å². The summed E-state index contributed by atoms with van der Waals surface area (Å²) >= 11 is 10.4. The second-order valence-corrected chi connectivity index (χ2v) is 5.78. The molecule has 0 saturated carbocycles. The molecule has 0 fully saturated rings. The zero-order valence-electron chi connectivity index (χ0n) is 12.9. The van der Waals surface area contributed by atoms with E-state index in [2.05, 4.69) is 54.4 Å². The lowest BCUT2D eigenvalue weighted by atomic mass is 10.1. The van der Waals surface area contributed by atoms with Crippen LogP contribution in [0.4, 0.5) is 5.69 Å². The van der Waals surface area contributed by atoms with E-state index in [1.165, 1.54) is 24.0 Å². The summed E-state index contributed by atoms with van der Waals surface area (Å²) < 4.78 is 0. The van der Waals surface area contributed by atoms with Crippen LogP contribution in [0.2, 0.25) is 0 Å². The molecule has 0 saturated heterocycles. The van der Waals surface area contributed by atoms with Gasteiger partial charge in [0.05, 0.1) is 0 Å². The molecule has 0 amide bonds. The molecule has 1 aromatic carbocycles. The minimum Gasteiger partial charge on any atom is -0.361 e. The Bertz CT molecular complexity index is 489. The van der Waals surface area contributed by atoms with Gasteiger partial charge >= 0.3 is 0 Å². The van der Waals surface area contributed by atoms with Crippen molar-refractivity contribution >= 4 is 40.3 Å². The molecule has 0 aliphatic rings. The molecular weight excluding hydrogens is 300 g/mol. The maximum atomic E-state index is 5.21. The van der Waals surface area contributed by atoms with Crippen molar-refractivity contribution in [2.24, 2.45) is 0 Å². The fourth-order valence-electron chi connectivity index (χ4n) is 1.72. The first-order valence-corrected chi connectivity index (χ1v) is 8.02. The number of hydrogen-bond acceptors (Lipinski definition) is 2. The highest BCUT2D eigenvalue weighted by atomic mass is 32.1. The summed E-state index contributed by atoms with van der Waals surface area (Å²) in [5.74, 6) is 0. The van der Waals surface area contributed by atoms with Crippen molar-refractivity contribution in [3.05, 3.63) is 29.3 Å². The predicted molar refractivity (Wildman–Crippen MR) is 98.5 cm³/mol. The average molecular weight is 325 g/mol. The summed E-state index contributed by atoms with van der Waals surface area (Å²) in [7, 11) is 0. The van der Waals surface area contributed by atoms with Crippen LogP contribution in [0.5, 0.6) is 0 Å². The van der Waals surface area contributed by atoms with Crippen molar-refractivity contribution in [1.29, 1.82) is 0 Å². The lowest BCUT2D eigenvalue weighted by Crippen LogP contribution is -2.48. The van der Waals surface area contributed by atoms with E-state index in [1.54, 1.807) is 0 Å². The standard InChI is InChI=1S/C15H24N4S2/c1-4-5-6-9-16-14(20)18-19-15(21)17-13-8-7-11(2)12(3)10-13/h7-8,10H,4-6,9H2,1-3H3,(H2,16,18,20)(H2,17,19,21). The molecule has 0 radical (unpaired) electrons. The summed E-state index contributed by atoms with van der Waals surface area (Å²) in [5.41, 5.74) is 9.19. The highest BCUT2D eigenvalue weighted by Crippen LogP contribution is 2.13. The van der Waals surface area contributed by atoms with Crippen LogP contribution in [-0.2, 0) is 0 Å². The van der Waals surface area contributed by atoms with Crippen LogP contribution in [-0.4, -0.2) is 16.8 Å². The molecule has 0 heterocycles. The first-order chi connectivity index (χ1) is 10.0. The van der Waals surface area contributed by atoms with Crippen molar-refractivity contribution in [1.82, 2.24) is 16.2 Å². The predicted octanol–water partition coefficient (Wildman–Crippen LogP) is 3.16. The fourth-order valence-corrected chi connectivity index (χ4v) is 2.04. The van der Waals surface area contributed by atoms with Crippen molar-refractivity contribution in [3.63, 3.8) is 0 Å². The molecule has 0 unspecified atom stereocenters. The average Bonchev–Trinajstić information content (AvgIpc) is 2.45. The van der Waals surface area contributed by atoms with Gasteiger partial charge in [0.15, 0.2) is 10.2 Å². The minimum atomic E-state index is 0.482. The van der Waals surface area contributed by atoms with Crippen LogP contribution in [0.3, 0.4) is 0 Å². The topological polar surface area (TPSA) is 48.1 Å². The minimum absolute atomic E-state index is 0.482. The Hall–Kier alpha value is -1.40. The first-order valence-electron chi connectivity index (χ1n) is 7.21. The Morgan fingerprint density at radius 2 is 1.71 bits per heavy atom. The first kappa shape index (κ1) is 17.7. The molecule has 0 aliphatic heterocycles. The number of hydrogen-bond donors (Lipinski definition) is 4. The van der Waals surface area contributed by atoms with Gasteiger partial charge in [-0.2, -0.15) is 0 Å². The molecule has 116 valence electrons. The number of unbranched alkanes of at least 4 members (excludes halogenated alkanes) is 2. The van der Waals surface area contributed by atoms with E-state index in [0.29, 0.717) is 10.2 Å². The molecule has 0 atom stereocenters. The van der Waals surface area contributed by atoms with E-state index in [-0.39, 0.29) is 0 Å². The molecule has 4 N–H and O–H groups in total. The maximum absolute atomic E-state index is 5.21. The Morgan fingerprint density at radius 1 is 1.00 bits per heavy atom. The third-order valence-corrected chi connectivity index (χ3v) is 3.57. The van der Waals surface area contributed by atoms with E-state index in [0.717, 1.165) is 18.7 Å². The summed E-state index contributed by atoms with van der Waals surface area (Å²) in [6, 6.07) is 6.12. The fraction of sp³-hybridized carbons (Fsp3) is 0.467. The highest BCUT2D eigenvalue weighted by Gasteiger charge is 2.00. The zero-order valence-corrected chi connectivity index (χ0v) is 14.5. The highest BCUT2D eigenvalue weighted by molar-refractivity contribution is 7.80. The lowest BCUT2D eigenvalue weighted by Gasteiger charge is -2.14. The van der Waals surface area contributed by atoms with Crippen LogP contribution < -0.4 is 21.5 Å². The molecule has 0 bridgehead atoms. The smallest absolute Gasteiger partial charge is 0.189 e. The Labute approximate surface area is 138 Å². The van der Waals surface area contributed by atoms with E-state index in [4.69, 9.17) is 24.4 Å². The van der Waals surface area contributed by atoms with Gasteiger partial charge in [0.25, 0.3) is 0 Å². The molecule has 21 heavy (non-hydrogen) atoms. The van der Waals surface area contributed by atoms with Gasteiger partial charge in [-0.05, 0) is 68.0 Å². The van der Waals surface area contributed by atoms with Gasteiger partial charge < -0.3 is 10.6 Å². The van der Waals surface area contributed by atoms with Crippen LogP contribution in [0.15, 0.2) is 18.2 Å². The Balaban J connectivity index is 2.27. The SMILES string of the molecule is CCCCCNC(=S)NNC(=S)Nc1ccc(C)c(C)c1. The second-order valence-electron chi connectivity index (χ2n) is 4.97. The Kier molecular flexibility index (Phi) is 8.00. The monoisotopic (exact) mass is 324 g/mol. The maximum Gasteiger partial charge on any atom is 0.189 e. The third-order valence-electron chi connectivity index (χ3n) is 3.12. The van der Waals surface area contributed by atoms with Crippen LogP contribution in [0, 0.1) is 13.8 Å². The molecular formula is C15H24N4S2. The van der Waals surface area contributed by atoms with E-state index in [1.807, 2.05) is 6.07 Å². The number of thiocarbonyl (C=S) groups is 2. The molecule has 1 rings (SSSR count). The molecule has 4 nitrogen and oxygen atoms in total. The largest absolute Gasteiger partial charge is 0.361 e. The molecule has 0 aliphatic carbocycles. The van der Waals surface area contributed by atoms with Crippen LogP contribution in [0.25, 0.3) is 0 Å². The van der Waals surface area contributed by atoms with Crippen LogP contribution >= 0.6 is 24.4 Å². The second kappa shape index (κ2) is 9.52. The normalized spacial score (nSPS) is 9.86. The number of anilines is 1. The number of benzene rings is 1.